The van der Waals surface area contributed by atoms with Crippen LogP contribution in [0.4, 0.5) is 4.39 Å². The number of nitriles is 1. The van der Waals surface area contributed by atoms with Crippen LogP contribution in [0.1, 0.15) is 5.56 Å². The van der Waals surface area contributed by atoms with Crippen molar-refractivity contribution in [1.29, 1.82) is 5.26 Å². The Morgan fingerprint density at radius 2 is 2.12 bits per heavy atom. The molecule has 3 rings (SSSR count). The van der Waals surface area contributed by atoms with E-state index >= 15 is 0 Å². The number of hydrogen-bond donors (Lipinski definition) is 0. The average molecular weight is 334 g/mol. The third-order valence-corrected chi connectivity index (χ3v) is 4.01. The molecule has 0 N–H and O–H groups in total. The van der Waals surface area contributed by atoms with Crippen molar-refractivity contribution in [3.63, 3.8) is 0 Å². The SMILES string of the molecule is C=CCn1c(=O)c(C#N)c(-c2cccc(F)c2)c2cc(OC)ccc21. The number of nitrogens with zero attached hydrogens (tertiary/aromatic N) is 2. The molecule has 2 aromatic carbocycles. The van der Waals surface area contributed by atoms with Gasteiger partial charge in [0.2, 0.25) is 0 Å². The number of fused-ring (bicyclic) bond motifs is 1. The van der Waals surface area contributed by atoms with Crippen molar-refractivity contribution >= 4 is 10.9 Å². The Kier molecular flexibility index (Phi) is 4.36. The number of methoxy groups -OCH3 is 1. The van der Waals surface area contributed by atoms with Crippen LogP contribution in [0.15, 0.2) is 59.9 Å². The lowest BCUT2D eigenvalue weighted by atomic mass is 9.96. The second kappa shape index (κ2) is 6.62. The van der Waals surface area contributed by atoms with Crippen molar-refractivity contribution in [1.82, 2.24) is 4.57 Å². The number of benzene rings is 2. The zero-order chi connectivity index (χ0) is 18.0. The van der Waals surface area contributed by atoms with E-state index in [1.165, 1.54) is 23.8 Å². The summed E-state index contributed by atoms with van der Waals surface area (Å²) in [5.74, 6) is 0.144. The first kappa shape index (κ1) is 16.5. The van der Waals surface area contributed by atoms with Gasteiger partial charge in [-0.05, 0) is 35.9 Å². The van der Waals surface area contributed by atoms with Gasteiger partial charge < -0.3 is 9.30 Å². The van der Waals surface area contributed by atoms with Gasteiger partial charge in [0.1, 0.15) is 23.2 Å². The van der Waals surface area contributed by atoms with Crippen molar-refractivity contribution in [2.24, 2.45) is 0 Å². The fourth-order valence-corrected chi connectivity index (χ4v) is 2.92. The number of aromatic nitrogens is 1. The van der Waals surface area contributed by atoms with Crippen LogP contribution >= 0.6 is 0 Å². The minimum Gasteiger partial charge on any atom is -0.497 e. The van der Waals surface area contributed by atoms with E-state index in [9.17, 15) is 14.4 Å². The Morgan fingerprint density at radius 3 is 2.76 bits per heavy atom. The molecule has 1 heterocycles. The largest absolute Gasteiger partial charge is 0.497 e. The van der Waals surface area contributed by atoms with Gasteiger partial charge in [-0.1, -0.05) is 18.2 Å². The van der Waals surface area contributed by atoms with Crippen LogP contribution in [0.5, 0.6) is 5.75 Å². The molecule has 124 valence electrons. The zero-order valence-electron chi connectivity index (χ0n) is 13.6. The van der Waals surface area contributed by atoms with Gasteiger partial charge in [0.05, 0.1) is 12.6 Å². The molecule has 0 fully saturated rings. The predicted molar refractivity (Wildman–Crippen MR) is 95.1 cm³/mol. The molecule has 0 aliphatic carbocycles. The highest BCUT2D eigenvalue weighted by molar-refractivity contribution is 5.98. The summed E-state index contributed by atoms with van der Waals surface area (Å²) in [5.41, 5.74) is 1.04. The minimum atomic E-state index is -0.437. The predicted octanol–water partition coefficient (Wildman–Crippen LogP) is 3.87. The maximum atomic E-state index is 13.7. The maximum Gasteiger partial charge on any atom is 0.269 e. The van der Waals surface area contributed by atoms with Gasteiger partial charge in [0.15, 0.2) is 0 Å². The lowest BCUT2D eigenvalue weighted by Crippen LogP contribution is -2.23. The fourth-order valence-electron chi connectivity index (χ4n) is 2.92. The number of allylic oxidation sites excluding steroid dienone is 1. The van der Waals surface area contributed by atoms with Crippen LogP contribution in [0.25, 0.3) is 22.0 Å². The quantitative estimate of drug-likeness (QED) is 0.681. The number of pyridine rings is 1. The molecule has 25 heavy (non-hydrogen) atoms. The third kappa shape index (κ3) is 2.79. The summed E-state index contributed by atoms with van der Waals surface area (Å²) >= 11 is 0. The van der Waals surface area contributed by atoms with Crippen molar-refractivity contribution in [2.75, 3.05) is 7.11 Å². The molecular weight excluding hydrogens is 319 g/mol. The zero-order valence-corrected chi connectivity index (χ0v) is 13.6. The number of ether oxygens (including phenoxy) is 1. The first-order chi connectivity index (χ1) is 12.1. The van der Waals surface area contributed by atoms with Crippen LogP contribution in [-0.2, 0) is 6.54 Å². The number of halogens is 1. The average Bonchev–Trinajstić information content (AvgIpc) is 2.63. The van der Waals surface area contributed by atoms with Crippen LogP contribution in [0, 0.1) is 17.1 Å². The van der Waals surface area contributed by atoms with Crippen molar-refractivity contribution in [2.45, 2.75) is 6.54 Å². The summed E-state index contributed by atoms with van der Waals surface area (Å²) in [5, 5.41) is 10.2. The van der Waals surface area contributed by atoms with E-state index in [0.717, 1.165) is 0 Å². The molecule has 1 aromatic heterocycles. The van der Waals surface area contributed by atoms with Crippen LogP contribution in [0.3, 0.4) is 0 Å². The molecule has 0 aliphatic heterocycles. The minimum absolute atomic E-state index is 0.0341. The van der Waals surface area contributed by atoms with Gasteiger partial charge in [-0.2, -0.15) is 5.26 Å². The molecule has 4 nitrogen and oxygen atoms in total. The van der Waals surface area contributed by atoms with Crippen LogP contribution in [0.2, 0.25) is 0 Å². The summed E-state index contributed by atoms with van der Waals surface area (Å²) in [7, 11) is 1.54. The molecule has 0 aliphatic rings. The maximum absolute atomic E-state index is 13.7. The van der Waals surface area contributed by atoms with Crippen LogP contribution in [-0.4, -0.2) is 11.7 Å². The first-order valence-corrected chi connectivity index (χ1v) is 7.62. The molecule has 0 saturated carbocycles. The highest BCUT2D eigenvalue weighted by Crippen LogP contribution is 2.33. The molecule has 0 radical (unpaired) electrons. The lowest BCUT2D eigenvalue weighted by molar-refractivity contribution is 0.415. The Morgan fingerprint density at radius 1 is 1.32 bits per heavy atom. The molecule has 0 bridgehead atoms. The van der Waals surface area contributed by atoms with Gasteiger partial charge in [-0.15, -0.1) is 6.58 Å². The monoisotopic (exact) mass is 334 g/mol. The first-order valence-electron chi connectivity index (χ1n) is 7.62. The molecule has 5 heteroatoms. The molecule has 0 saturated heterocycles. The molecule has 0 unspecified atom stereocenters. The normalized spacial score (nSPS) is 10.4. The van der Waals surface area contributed by atoms with Gasteiger partial charge in [0, 0.05) is 17.5 Å². The molecule has 0 amide bonds. The Labute approximate surface area is 144 Å². The van der Waals surface area contributed by atoms with Crippen molar-refractivity contribution in [3.05, 3.63) is 76.9 Å². The Hall–Kier alpha value is -3.39. The van der Waals surface area contributed by atoms with Crippen LogP contribution < -0.4 is 10.3 Å². The summed E-state index contributed by atoms with van der Waals surface area (Å²) in [6, 6.07) is 13.1. The number of hydrogen-bond acceptors (Lipinski definition) is 3. The van der Waals surface area contributed by atoms with E-state index in [4.69, 9.17) is 4.74 Å². The van der Waals surface area contributed by atoms with Crippen molar-refractivity contribution in [3.8, 4) is 22.9 Å². The Bertz CT molecular complexity index is 1080. The Balaban J connectivity index is 2.54. The van der Waals surface area contributed by atoms with Gasteiger partial charge in [-0.3, -0.25) is 4.79 Å². The van der Waals surface area contributed by atoms with E-state index in [1.807, 2.05) is 6.07 Å². The second-order valence-corrected chi connectivity index (χ2v) is 5.46. The number of rotatable bonds is 4. The molecule has 3 aromatic rings. The topological polar surface area (TPSA) is 55.0 Å². The van der Waals surface area contributed by atoms with Gasteiger partial charge in [0.25, 0.3) is 5.56 Å². The highest BCUT2D eigenvalue weighted by Gasteiger charge is 2.18. The van der Waals surface area contributed by atoms with E-state index < -0.39 is 11.4 Å². The highest BCUT2D eigenvalue weighted by atomic mass is 19.1. The summed E-state index contributed by atoms with van der Waals surface area (Å²) in [6.45, 7) is 3.93. The van der Waals surface area contributed by atoms with Gasteiger partial charge >= 0.3 is 0 Å². The summed E-state index contributed by atoms with van der Waals surface area (Å²) in [6.07, 6.45) is 1.59. The molecular formula is C20H15FN2O2. The fraction of sp³-hybridized carbons (Fsp3) is 0.100. The summed E-state index contributed by atoms with van der Waals surface area (Å²) < 4.78 is 20.5. The smallest absolute Gasteiger partial charge is 0.269 e. The van der Waals surface area contributed by atoms with E-state index in [0.29, 0.717) is 27.8 Å². The van der Waals surface area contributed by atoms with E-state index in [1.54, 1.807) is 36.4 Å². The van der Waals surface area contributed by atoms with E-state index in [2.05, 4.69) is 6.58 Å². The lowest BCUT2D eigenvalue weighted by Gasteiger charge is -2.15. The molecule has 0 atom stereocenters. The standard InChI is InChI=1S/C20H15FN2O2/c1-3-9-23-18-8-7-15(25-2)11-16(18)19(17(12-22)20(23)24)13-5-4-6-14(21)10-13/h3-8,10-11H,1,9H2,2H3. The van der Waals surface area contributed by atoms with Gasteiger partial charge in [-0.25, -0.2) is 4.39 Å². The molecule has 0 spiro atoms. The summed E-state index contributed by atoms with van der Waals surface area (Å²) in [4.78, 5) is 12.8. The van der Waals surface area contributed by atoms with Crippen molar-refractivity contribution < 1.29 is 9.13 Å². The second-order valence-electron chi connectivity index (χ2n) is 5.46. The van der Waals surface area contributed by atoms with E-state index in [-0.39, 0.29) is 12.1 Å². The third-order valence-electron chi connectivity index (χ3n) is 4.01.